The van der Waals surface area contributed by atoms with Gasteiger partial charge in [0.25, 0.3) is 5.91 Å². The third kappa shape index (κ3) is 6.22. The molecule has 2 N–H and O–H groups in total. The molecule has 0 radical (unpaired) electrons. The average Bonchev–Trinajstić information content (AvgIpc) is 2.64. The monoisotopic (exact) mass is 373 g/mol. The van der Waals surface area contributed by atoms with Crippen molar-refractivity contribution in [1.29, 1.82) is 10.7 Å². The lowest BCUT2D eigenvalue weighted by Gasteiger charge is -2.21. The van der Waals surface area contributed by atoms with Gasteiger partial charge >= 0.3 is 5.97 Å². The molecule has 0 spiro atoms. The van der Waals surface area contributed by atoms with Crippen LogP contribution in [0.4, 0.5) is 0 Å². The van der Waals surface area contributed by atoms with Gasteiger partial charge < -0.3 is 20.2 Å². The summed E-state index contributed by atoms with van der Waals surface area (Å²) in [4.78, 5) is 36.5. The van der Waals surface area contributed by atoms with E-state index in [1.54, 1.807) is 44.2 Å². The normalized spacial score (nSPS) is 12.4. The molecule has 1 rings (SSSR count). The quantitative estimate of drug-likeness (QED) is 0.501. The van der Waals surface area contributed by atoms with Gasteiger partial charge in [-0.3, -0.25) is 9.59 Å². The van der Waals surface area contributed by atoms with Crippen LogP contribution in [-0.2, 0) is 14.3 Å². The highest BCUT2D eigenvalue weighted by atomic mass is 16.5. The number of nitriles is 1. The summed E-state index contributed by atoms with van der Waals surface area (Å²) >= 11 is 0. The fraction of sp³-hybridized carbons (Fsp3) is 0.421. The highest BCUT2D eigenvalue weighted by molar-refractivity contribution is 6.06. The maximum atomic E-state index is 12.3. The van der Waals surface area contributed by atoms with E-state index in [9.17, 15) is 14.4 Å². The molecule has 0 saturated carbocycles. The van der Waals surface area contributed by atoms with Crippen molar-refractivity contribution in [3.8, 4) is 11.8 Å². The first kappa shape index (κ1) is 21.8. The lowest BCUT2D eigenvalue weighted by atomic mass is 10.0. The molecule has 8 heteroatoms. The molecular formula is C19H23N3O5. The van der Waals surface area contributed by atoms with E-state index in [4.69, 9.17) is 20.1 Å². The molecule has 0 aliphatic rings. The number of nitrogens with zero attached hydrogens (tertiary/aromatic N) is 1. The SMILES string of the molecule is COc1ccc(C(=O)N[C@H](C(=O)OCC(=O)[C@@H](C#N)C(C)=N)C(C)C)cc1. The molecule has 1 aromatic carbocycles. The number of nitrogens with one attached hydrogen (secondary N) is 2. The minimum absolute atomic E-state index is 0.119. The van der Waals surface area contributed by atoms with Crippen LogP contribution in [0.25, 0.3) is 0 Å². The third-order valence-electron chi connectivity index (χ3n) is 3.80. The van der Waals surface area contributed by atoms with Crippen molar-refractivity contribution < 1.29 is 23.9 Å². The van der Waals surface area contributed by atoms with E-state index in [0.717, 1.165) is 0 Å². The molecule has 144 valence electrons. The van der Waals surface area contributed by atoms with Crippen molar-refractivity contribution in [2.75, 3.05) is 13.7 Å². The number of Topliss-reactive ketones (excluding diaryl/α,β-unsaturated/α-hetero) is 1. The van der Waals surface area contributed by atoms with Crippen molar-refractivity contribution in [3.05, 3.63) is 29.8 Å². The molecule has 0 saturated heterocycles. The lowest BCUT2D eigenvalue weighted by Crippen LogP contribution is -2.46. The first-order chi connectivity index (χ1) is 12.7. The van der Waals surface area contributed by atoms with Gasteiger partial charge in [0, 0.05) is 11.3 Å². The second-order valence-electron chi connectivity index (χ2n) is 6.24. The first-order valence-electron chi connectivity index (χ1n) is 8.30. The van der Waals surface area contributed by atoms with Gasteiger partial charge in [-0.15, -0.1) is 0 Å². The second kappa shape index (κ2) is 10.1. The Morgan fingerprint density at radius 1 is 1.22 bits per heavy atom. The van der Waals surface area contributed by atoms with Gasteiger partial charge in [0.1, 0.15) is 17.7 Å². The fourth-order valence-electron chi connectivity index (χ4n) is 2.19. The summed E-state index contributed by atoms with van der Waals surface area (Å²) in [7, 11) is 1.51. The fourth-order valence-corrected chi connectivity index (χ4v) is 2.19. The Balaban J connectivity index is 2.75. The van der Waals surface area contributed by atoms with Crippen LogP contribution in [0.1, 0.15) is 31.1 Å². The van der Waals surface area contributed by atoms with Gasteiger partial charge in [0.05, 0.1) is 13.2 Å². The summed E-state index contributed by atoms with van der Waals surface area (Å²) in [6.07, 6.45) is 0. The number of hydrogen-bond donors (Lipinski definition) is 2. The summed E-state index contributed by atoms with van der Waals surface area (Å²) in [5.41, 5.74) is 0.223. The maximum absolute atomic E-state index is 12.3. The zero-order valence-corrected chi connectivity index (χ0v) is 15.7. The number of hydrogen-bond acceptors (Lipinski definition) is 7. The van der Waals surface area contributed by atoms with Crippen LogP contribution >= 0.6 is 0 Å². The molecule has 0 unspecified atom stereocenters. The Hall–Kier alpha value is -3.21. The van der Waals surface area contributed by atoms with Crippen LogP contribution in [0.15, 0.2) is 24.3 Å². The van der Waals surface area contributed by atoms with Gasteiger partial charge in [0.15, 0.2) is 12.4 Å². The number of benzene rings is 1. The molecule has 0 heterocycles. The van der Waals surface area contributed by atoms with Crippen molar-refractivity contribution in [2.45, 2.75) is 26.8 Å². The molecule has 1 aromatic rings. The number of methoxy groups -OCH3 is 1. The molecule has 1 amide bonds. The number of ether oxygens (including phenoxy) is 2. The largest absolute Gasteiger partial charge is 0.497 e. The van der Waals surface area contributed by atoms with Crippen LogP contribution in [0.2, 0.25) is 0 Å². The molecule has 0 aliphatic heterocycles. The highest BCUT2D eigenvalue weighted by Gasteiger charge is 2.28. The molecular weight excluding hydrogens is 350 g/mol. The first-order valence-corrected chi connectivity index (χ1v) is 8.30. The summed E-state index contributed by atoms with van der Waals surface area (Å²) in [5, 5.41) is 18.9. The summed E-state index contributed by atoms with van der Waals surface area (Å²) in [6.45, 7) is 4.15. The van der Waals surface area contributed by atoms with E-state index in [1.807, 2.05) is 0 Å². The van der Waals surface area contributed by atoms with Crippen molar-refractivity contribution in [1.82, 2.24) is 5.32 Å². The maximum Gasteiger partial charge on any atom is 0.329 e. The summed E-state index contributed by atoms with van der Waals surface area (Å²) in [6, 6.07) is 7.10. The standard InChI is InChI=1S/C19H23N3O5/c1-11(2)17(19(25)27-10-16(23)15(9-20)12(3)21)22-18(24)13-5-7-14(26-4)8-6-13/h5-8,11,15,17,21H,10H2,1-4H3,(H,22,24)/t15-,17-/m0/s1. The lowest BCUT2D eigenvalue weighted by molar-refractivity contribution is -0.151. The van der Waals surface area contributed by atoms with Crippen LogP contribution < -0.4 is 10.1 Å². The van der Waals surface area contributed by atoms with Crippen molar-refractivity contribution >= 4 is 23.4 Å². The molecule has 27 heavy (non-hydrogen) atoms. The molecule has 0 bridgehead atoms. The highest BCUT2D eigenvalue weighted by Crippen LogP contribution is 2.12. The Morgan fingerprint density at radius 3 is 2.26 bits per heavy atom. The zero-order chi connectivity index (χ0) is 20.6. The predicted molar refractivity (Wildman–Crippen MR) is 97.6 cm³/mol. The summed E-state index contributed by atoms with van der Waals surface area (Å²) < 4.78 is 9.99. The number of esters is 1. The summed E-state index contributed by atoms with van der Waals surface area (Å²) in [5.74, 6) is -2.86. The Labute approximate surface area is 158 Å². The predicted octanol–water partition coefficient (Wildman–Crippen LogP) is 1.74. The molecule has 0 fully saturated rings. The molecule has 8 nitrogen and oxygen atoms in total. The minimum Gasteiger partial charge on any atom is -0.497 e. The van der Waals surface area contributed by atoms with E-state index in [-0.39, 0.29) is 11.6 Å². The van der Waals surface area contributed by atoms with Crippen LogP contribution in [0.3, 0.4) is 0 Å². The number of carbonyl (C=O) groups excluding carboxylic acids is 3. The number of rotatable bonds is 9. The molecule has 0 aliphatic carbocycles. The Kier molecular flexibility index (Phi) is 8.14. The van der Waals surface area contributed by atoms with Gasteiger partial charge in [-0.25, -0.2) is 4.79 Å². The van der Waals surface area contributed by atoms with Gasteiger partial charge in [-0.1, -0.05) is 13.8 Å². The van der Waals surface area contributed by atoms with E-state index >= 15 is 0 Å². The molecule has 0 aromatic heterocycles. The number of amides is 1. The van der Waals surface area contributed by atoms with E-state index in [0.29, 0.717) is 11.3 Å². The van der Waals surface area contributed by atoms with E-state index < -0.39 is 36.2 Å². The number of carbonyl (C=O) groups is 3. The topological polar surface area (TPSA) is 129 Å². The van der Waals surface area contributed by atoms with E-state index in [1.165, 1.54) is 14.0 Å². The van der Waals surface area contributed by atoms with Gasteiger partial charge in [-0.05, 0) is 37.1 Å². The molecule has 2 atom stereocenters. The smallest absolute Gasteiger partial charge is 0.329 e. The van der Waals surface area contributed by atoms with Crippen molar-refractivity contribution in [3.63, 3.8) is 0 Å². The van der Waals surface area contributed by atoms with Crippen LogP contribution in [0, 0.1) is 28.6 Å². The van der Waals surface area contributed by atoms with Gasteiger partial charge in [0.2, 0.25) is 0 Å². The second-order valence-corrected chi connectivity index (χ2v) is 6.24. The van der Waals surface area contributed by atoms with Crippen LogP contribution in [0.5, 0.6) is 5.75 Å². The Bertz CT molecular complexity index is 750. The van der Waals surface area contributed by atoms with Gasteiger partial charge in [-0.2, -0.15) is 5.26 Å². The van der Waals surface area contributed by atoms with Crippen molar-refractivity contribution in [2.24, 2.45) is 11.8 Å². The van der Waals surface area contributed by atoms with E-state index in [2.05, 4.69) is 5.32 Å². The van der Waals surface area contributed by atoms with Crippen LogP contribution in [-0.4, -0.2) is 43.1 Å². The Morgan fingerprint density at radius 2 is 1.81 bits per heavy atom. The number of ketones is 1. The third-order valence-corrected chi connectivity index (χ3v) is 3.80. The minimum atomic E-state index is -1.25. The average molecular weight is 373 g/mol. The zero-order valence-electron chi connectivity index (χ0n) is 15.7.